The number of nitrogens with zero attached hydrogens (tertiary/aromatic N) is 2. The minimum atomic E-state index is -1.93. The van der Waals surface area contributed by atoms with E-state index in [1.165, 1.54) is 88.4 Å². The Hall–Kier alpha value is -5.64. The standard InChI is InChI=1S/C47H36N2Si/c1-47(2)38-19-11-8-16-31(38)35-27-37-36-26-30(22-24-41(36)48(43(37)28-39(35)47)29-14-6-5-7-15-29)49-40-20-12-9-18-34(40)45-42(49)25-23-33-32-17-10-13-21-44(32)50(3,4)46(33)45/h5-28H,1-4H3. The molecule has 0 N–H and O–H groups in total. The summed E-state index contributed by atoms with van der Waals surface area (Å²) in [5.41, 5.74) is 15.7. The molecular weight excluding hydrogens is 621 g/mol. The lowest BCUT2D eigenvalue weighted by atomic mass is 9.82. The zero-order valence-corrected chi connectivity index (χ0v) is 29.8. The minimum absolute atomic E-state index is 0.0662. The molecule has 0 saturated carbocycles. The molecule has 0 radical (unpaired) electrons. The molecule has 2 aromatic heterocycles. The highest BCUT2D eigenvalue weighted by molar-refractivity contribution is 7.05. The van der Waals surface area contributed by atoms with Crippen molar-refractivity contribution in [3.8, 4) is 33.6 Å². The molecule has 3 heterocycles. The monoisotopic (exact) mass is 656 g/mol. The number of hydrogen-bond acceptors (Lipinski definition) is 0. The van der Waals surface area contributed by atoms with Crippen molar-refractivity contribution in [1.29, 1.82) is 0 Å². The van der Waals surface area contributed by atoms with Gasteiger partial charge in [-0.05, 0) is 98.4 Å². The summed E-state index contributed by atoms with van der Waals surface area (Å²) in [5.74, 6) is 0. The molecule has 2 aliphatic rings. The van der Waals surface area contributed by atoms with Gasteiger partial charge >= 0.3 is 0 Å². The Balaban J connectivity index is 1.23. The first kappa shape index (κ1) is 28.2. The van der Waals surface area contributed by atoms with Gasteiger partial charge < -0.3 is 9.13 Å². The van der Waals surface area contributed by atoms with Gasteiger partial charge in [-0.2, -0.15) is 0 Å². The predicted molar refractivity (Wildman–Crippen MR) is 215 cm³/mol. The van der Waals surface area contributed by atoms with Gasteiger partial charge in [0.25, 0.3) is 0 Å². The Labute approximate surface area is 292 Å². The maximum atomic E-state index is 2.53. The van der Waals surface area contributed by atoms with Crippen LogP contribution in [0.1, 0.15) is 25.0 Å². The molecule has 7 aromatic carbocycles. The van der Waals surface area contributed by atoms with Gasteiger partial charge in [0.1, 0.15) is 8.07 Å². The average molecular weight is 657 g/mol. The molecule has 11 rings (SSSR count). The summed E-state index contributed by atoms with van der Waals surface area (Å²) in [4.78, 5) is 0. The number of benzene rings is 7. The average Bonchev–Trinajstić information content (AvgIpc) is 3.80. The molecule has 0 saturated heterocycles. The van der Waals surface area contributed by atoms with Gasteiger partial charge in [0, 0.05) is 38.3 Å². The lowest BCUT2D eigenvalue weighted by molar-refractivity contribution is 0.661. The zero-order chi connectivity index (χ0) is 33.5. The van der Waals surface area contributed by atoms with E-state index in [4.69, 9.17) is 0 Å². The topological polar surface area (TPSA) is 9.86 Å². The maximum absolute atomic E-state index is 2.53. The summed E-state index contributed by atoms with van der Waals surface area (Å²) in [6.45, 7) is 9.81. The van der Waals surface area contributed by atoms with E-state index in [2.05, 4.69) is 182 Å². The molecule has 50 heavy (non-hydrogen) atoms. The normalized spacial score (nSPS) is 15.1. The van der Waals surface area contributed by atoms with Crippen LogP contribution in [0.5, 0.6) is 0 Å². The zero-order valence-electron chi connectivity index (χ0n) is 28.8. The number of aromatic nitrogens is 2. The third-order valence-corrected chi connectivity index (χ3v) is 15.6. The van der Waals surface area contributed by atoms with Crippen LogP contribution < -0.4 is 10.4 Å². The second-order valence-corrected chi connectivity index (χ2v) is 19.7. The summed E-state index contributed by atoms with van der Waals surface area (Å²) in [6, 6.07) is 54.9. The molecule has 0 bridgehead atoms. The van der Waals surface area contributed by atoms with Crippen molar-refractivity contribution in [2.24, 2.45) is 0 Å². The quantitative estimate of drug-likeness (QED) is 0.164. The lowest BCUT2D eigenvalue weighted by Crippen LogP contribution is -2.49. The van der Waals surface area contributed by atoms with E-state index in [9.17, 15) is 0 Å². The van der Waals surface area contributed by atoms with Crippen molar-refractivity contribution >= 4 is 62.1 Å². The summed E-state index contributed by atoms with van der Waals surface area (Å²) >= 11 is 0. The first-order valence-corrected chi connectivity index (χ1v) is 20.8. The minimum Gasteiger partial charge on any atom is -0.309 e. The van der Waals surface area contributed by atoms with Crippen molar-refractivity contribution in [3.63, 3.8) is 0 Å². The fraction of sp³-hybridized carbons (Fsp3) is 0.106. The van der Waals surface area contributed by atoms with Gasteiger partial charge in [-0.15, -0.1) is 0 Å². The van der Waals surface area contributed by atoms with Gasteiger partial charge in [0.15, 0.2) is 0 Å². The molecule has 9 aromatic rings. The van der Waals surface area contributed by atoms with Gasteiger partial charge in [0.2, 0.25) is 0 Å². The second-order valence-electron chi connectivity index (χ2n) is 15.4. The summed E-state index contributed by atoms with van der Waals surface area (Å²) < 4.78 is 4.99. The van der Waals surface area contributed by atoms with Crippen molar-refractivity contribution in [2.75, 3.05) is 0 Å². The van der Waals surface area contributed by atoms with E-state index in [1.807, 2.05) is 0 Å². The Morgan fingerprint density at radius 2 is 1.10 bits per heavy atom. The van der Waals surface area contributed by atoms with Crippen LogP contribution >= 0.6 is 0 Å². The predicted octanol–water partition coefficient (Wildman–Crippen LogP) is 11.0. The number of para-hydroxylation sites is 2. The molecule has 0 amide bonds. The molecule has 0 unspecified atom stereocenters. The summed E-state index contributed by atoms with van der Waals surface area (Å²) in [7, 11) is -1.93. The van der Waals surface area contributed by atoms with Crippen molar-refractivity contribution < 1.29 is 0 Å². The van der Waals surface area contributed by atoms with Gasteiger partial charge in [-0.25, -0.2) is 0 Å². The maximum Gasteiger partial charge on any atom is 0.114 e. The highest BCUT2D eigenvalue weighted by Crippen LogP contribution is 2.51. The fourth-order valence-electron chi connectivity index (χ4n) is 9.81. The van der Waals surface area contributed by atoms with Crippen LogP contribution in [0.3, 0.4) is 0 Å². The SMILES string of the molecule is CC1(C)c2ccccc2-c2cc3c4cc(-n5c6ccccc6c6c7c(ccc65)-c5ccccc5[Si]7(C)C)ccc4n(-c4ccccc4)c3cc21. The van der Waals surface area contributed by atoms with Crippen LogP contribution in [0.15, 0.2) is 146 Å². The van der Waals surface area contributed by atoms with Crippen molar-refractivity contribution in [2.45, 2.75) is 32.4 Å². The van der Waals surface area contributed by atoms with Crippen LogP contribution in [0, 0.1) is 0 Å². The molecule has 0 atom stereocenters. The Morgan fingerprint density at radius 3 is 1.96 bits per heavy atom. The largest absolute Gasteiger partial charge is 0.309 e. The molecule has 1 aliphatic carbocycles. The lowest BCUT2D eigenvalue weighted by Gasteiger charge is -2.21. The number of fused-ring (bicyclic) bond motifs is 13. The van der Waals surface area contributed by atoms with Gasteiger partial charge in [-0.3, -0.25) is 0 Å². The highest BCUT2D eigenvalue weighted by atomic mass is 28.3. The molecule has 3 heteroatoms. The van der Waals surface area contributed by atoms with Crippen LogP contribution in [0.2, 0.25) is 13.1 Å². The van der Waals surface area contributed by atoms with E-state index < -0.39 is 8.07 Å². The smallest absolute Gasteiger partial charge is 0.114 e. The number of hydrogen-bond donors (Lipinski definition) is 0. The van der Waals surface area contributed by atoms with Crippen molar-refractivity contribution in [3.05, 3.63) is 157 Å². The summed E-state index contributed by atoms with van der Waals surface area (Å²) in [6.07, 6.45) is 0. The van der Waals surface area contributed by atoms with Crippen molar-refractivity contribution in [1.82, 2.24) is 9.13 Å². The van der Waals surface area contributed by atoms with E-state index in [0.29, 0.717) is 0 Å². The Bertz CT molecular complexity index is 2920. The fourth-order valence-corrected chi connectivity index (χ4v) is 13.3. The van der Waals surface area contributed by atoms with Crippen LogP contribution in [-0.2, 0) is 5.41 Å². The third kappa shape index (κ3) is 3.43. The molecule has 0 spiro atoms. The molecule has 2 nitrogen and oxygen atoms in total. The second kappa shape index (κ2) is 9.53. The van der Waals surface area contributed by atoms with Crippen LogP contribution in [0.25, 0.3) is 77.2 Å². The van der Waals surface area contributed by atoms with Gasteiger partial charge in [0.05, 0.1) is 22.1 Å². The molecule has 0 fully saturated rings. The number of rotatable bonds is 2. The van der Waals surface area contributed by atoms with E-state index in [1.54, 1.807) is 10.4 Å². The Morgan fingerprint density at radius 1 is 0.440 bits per heavy atom. The molecule has 238 valence electrons. The third-order valence-electron chi connectivity index (χ3n) is 12.1. The first-order valence-electron chi connectivity index (χ1n) is 17.8. The summed E-state index contributed by atoms with van der Waals surface area (Å²) in [5, 5.41) is 8.46. The van der Waals surface area contributed by atoms with E-state index in [-0.39, 0.29) is 5.41 Å². The van der Waals surface area contributed by atoms with E-state index in [0.717, 1.165) is 0 Å². The van der Waals surface area contributed by atoms with Crippen LogP contribution in [0.4, 0.5) is 0 Å². The highest BCUT2D eigenvalue weighted by Gasteiger charge is 2.40. The van der Waals surface area contributed by atoms with Gasteiger partial charge in [-0.1, -0.05) is 118 Å². The molecule has 1 aliphatic heterocycles. The van der Waals surface area contributed by atoms with Crippen LogP contribution in [-0.4, -0.2) is 17.2 Å². The van der Waals surface area contributed by atoms with E-state index >= 15 is 0 Å². The Kier molecular flexibility index (Phi) is 5.38. The molecular formula is C47H36N2Si. The first-order chi connectivity index (χ1) is 24.3.